The van der Waals surface area contributed by atoms with E-state index < -0.39 is 12.1 Å². The fraction of sp³-hybridized carbons (Fsp3) is 0.100. The van der Waals surface area contributed by atoms with Gasteiger partial charge < -0.3 is 9.72 Å². The first-order valence-corrected chi connectivity index (χ1v) is 5.23. The Morgan fingerprint density at radius 1 is 1.29 bits per heavy atom. The lowest BCUT2D eigenvalue weighted by Gasteiger charge is -2.11. The molecule has 0 aliphatic carbocycles. The normalized spacial score (nSPS) is 11.8. The van der Waals surface area contributed by atoms with E-state index in [-0.39, 0.29) is 15.3 Å². The predicted octanol–water partition coefficient (Wildman–Crippen LogP) is 3.19. The number of benzene rings is 1. The monoisotopic (exact) mass is 307 g/mol. The van der Waals surface area contributed by atoms with E-state index in [2.05, 4.69) is 25.7 Å². The zero-order chi connectivity index (χ0) is 12.6. The maximum Gasteiger partial charge on any atom is 0.573 e. The SMILES string of the molecule is O=c1cc[nH]c2cc(Br)c(OC(F)(F)F)cc12. The second-order valence-electron chi connectivity index (χ2n) is 3.22. The number of rotatable bonds is 1. The molecule has 1 N–H and O–H groups in total. The van der Waals surface area contributed by atoms with E-state index in [1.54, 1.807) is 0 Å². The third-order valence-electron chi connectivity index (χ3n) is 2.04. The number of fused-ring (bicyclic) bond motifs is 1. The second kappa shape index (κ2) is 4.06. The third kappa shape index (κ3) is 2.60. The average Bonchev–Trinajstić information content (AvgIpc) is 2.18. The maximum absolute atomic E-state index is 12.1. The molecule has 0 aliphatic heterocycles. The summed E-state index contributed by atoms with van der Waals surface area (Å²) in [5.74, 6) is -0.443. The lowest BCUT2D eigenvalue weighted by molar-refractivity contribution is -0.274. The van der Waals surface area contributed by atoms with Gasteiger partial charge in [0.25, 0.3) is 0 Å². The molecular formula is C10H5BrF3NO2. The van der Waals surface area contributed by atoms with E-state index in [4.69, 9.17) is 0 Å². The summed E-state index contributed by atoms with van der Waals surface area (Å²) in [6, 6.07) is 3.64. The summed E-state index contributed by atoms with van der Waals surface area (Å²) < 4.78 is 40.2. The third-order valence-corrected chi connectivity index (χ3v) is 2.66. The smallest absolute Gasteiger partial charge is 0.405 e. The summed E-state index contributed by atoms with van der Waals surface area (Å²) in [6.45, 7) is 0. The van der Waals surface area contributed by atoms with Crippen molar-refractivity contribution in [2.75, 3.05) is 0 Å². The van der Waals surface area contributed by atoms with Crippen molar-refractivity contribution in [2.45, 2.75) is 6.36 Å². The highest BCUT2D eigenvalue weighted by Gasteiger charge is 2.32. The number of pyridine rings is 1. The number of H-pyrrole nitrogens is 1. The molecule has 2 aromatic rings. The quantitative estimate of drug-likeness (QED) is 0.879. The zero-order valence-electron chi connectivity index (χ0n) is 8.14. The van der Waals surface area contributed by atoms with Gasteiger partial charge in [0.05, 0.1) is 9.99 Å². The van der Waals surface area contributed by atoms with Gasteiger partial charge in [-0.1, -0.05) is 0 Å². The van der Waals surface area contributed by atoms with Gasteiger partial charge in [-0.3, -0.25) is 4.79 Å². The molecule has 2 rings (SSSR count). The largest absolute Gasteiger partial charge is 0.573 e. The Morgan fingerprint density at radius 2 is 2.00 bits per heavy atom. The highest BCUT2D eigenvalue weighted by molar-refractivity contribution is 9.10. The van der Waals surface area contributed by atoms with Crippen LogP contribution >= 0.6 is 15.9 Å². The van der Waals surface area contributed by atoms with Crippen molar-refractivity contribution in [1.29, 1.82) is 0 Å². The molecule has 7 heteroatoms. The predicted molar refractivity (Wildman–Crippen MR) is 59.0 cm³/mol. The Labute approximate surface area is 101 Å². The van der Waals surface area contributed by atoms with E-state index in [0.717, 1.165) is 6.07 Å². The molecule has 1 heterocycles. The standard InChI is InChI=1S/C10H5BrF3NO2/c11-6-4-7-5(8(16)1-2-15-7)3-9(6)17-10(12,13)14/h1-4H,(H,15,16). The Morgan fingerprint density at radius 3 is 2.65 bits per heavy atom. The van der Waals surface area contributed by atoms with Crippen LogP contribution in [-0.4, -0.2) is 11.3 Å². The van der Waals surface area contributed by atoms with Crippen LogP contribution in [0.2, 0.25) is 0 Å². The molecule has 1 aromatic carbocycles. The van der Waals surface area contributed by atoms with Gasteiger partial charge in [0, 0.05) is 17.6 Å². The minimum atomic E-state index is -4.79. The second-order valence-corrected chi connectivity index (χ2v) is 4.07. The number of hydrogen-bond acceptors (Lipinski definition) is 2. The van der Waals surface area contributed by atoms with Crippen LogP contribution in [0, 0.1) is 0 Å². The van der Waals surface area contributed by atoms with Gasteiger partial charge in [0.1, 0.15) is 5.75 Å². The molecule has 0 spiro atoms. The number of hydrogen-bond donors (Lipinski definition) is 1. The number of ether oxygens (including phenoxy) is 1. The molecule has 0 fully saturated rings. The molecule has 1 aromatic heterocycles. The lowest BCUT2D eigenvalue weighted by atomic mass is 10.2. The Balaban J connectivity index is 2.62. The van der Waals surface area contributed by atoms with Crippen LogP contribution in [0.5, 0.6) is 5.75 Å². The van der Waals surface area contributed by atoms with Crippen molar-refractivity contribution in [3.8, 4) is 5.75 Å². The summed E-state index contributed by atoms with van der Waals surface area (Å²) >= 11 is 2.95. The molecule has 0 radical (unpaired) electrons. The molecular weight excluding hydrogens is 303 g/mol. The molecule has 17 heavy (non-hydrogen) atoms. The van der Waals surface area contributed by atoms with Gasteiger partial charge >= 0.3 is 6.36 Å². The number of halogens is 4. The summed E-state index contributed by atoms with van der Waals surface area (Å²) in [6.07, 6.45) is -3.38. The summed E-state index contributed by atoms with van der Waals surface area (Å²) in [7, 11) is 0. The Kier molecular flexibility index (Phi) is 2.86. The van der Waals surface area contributed by atoms with Crippen molar-refractivity contribution >= 4 is 26.8 Å². The van der Waals surface area contributed by atoms with Crippen LogP contribution in [0.3, 0.4) is 0 Å². The first-order valence-electron chi connectivity index (χ1n) is 4.43. The van der Waals surface area contributed by atoms with Crippen LogP contribution in [-0.2, 0) is 0 Å². The van der Waals surface area contributed by atoms with E-state index in [1.165, 1.54) is 18.3 Å². The van der Waals surface area contributed by atoms with Crippen LogP contribution in [0.25, 0.3) is 10.9 Å². The van der Waals surface area contributed by atoms with Gasteiger partial charge in [0.2, 0.25) is 0 Å². The summed E-state index contributed by atoms with van der Waals surface area (Å²) in [5.41, 5.74) is 0.0529. The topological polar surface area (TPSA) is 42.1 Å². The van der Waals surface area contributed by atoms with Crippen LogP contribution in [0.1, 0.15) is 0 Å². The van der Waals surface area contributed by atoms with Crippen molar-refractivity contribution in [1.82, 2.24) is 4.98 Å². The number of aromatic nitrogens is 1. The van der Waals surface area contributed by atoms with E-state index >= 15 is 0 Å². The Bertz CT molecular complexity index is 621. The molecule has 0 saturated carbocycles. The van der Waals surface area contributed by atoms with E-state index in [1.807, 2.05) is 0 Å². The van der Waals surface area contributed by atoms with Crippen molar-refractivity contribution in [2.24, 2.45) is 0 Å². The van der Waals surface area contributed by atoms with Crippen LogP contribution in [0.4, 0.5) is 13.2 Å². The molecule has 0 unspecified atom stereocenters. The minimum Gasteiger partial charge on any atom is -0.405 e. The number of nitrogens with one attached hydrogen (secondary N) is 1. The van der Waals surface area contributed by atoms with Gasteiger partial charge in [-0.2, -0.15) is 0 Å². The zero-order valence-corrected chi connectivity index (χ0v) is 9.72. The first kappa shape index (κ1) is 12.0. The molecule has 0 aliphatic rings. The first-order chi connectivity index (χ1) is 7.87. The number of aromatic amines is 1. The van der Waals surface area contributed by atoms with Crippen molar-refractivity contribution < 1.29 is 17.9 Å². The highest BCUT2D eigenvalue weighted by Crippen LogP contribution is 2.32. The van der Waals surface area contributed by atoms with Crippen molar-refractivity contribution in [3.63, 3.8) is 0 Å². The van der Waals surface area contributed by atoms with E-state index in [9.17, 15) is 18.0 Å². The average molecular weight is 308 g/mol. The Hall–Kier alpha value is -1.50. The molecule has 90 valence electrons. The summed E-state index contributed by atoms with van der Waals surface area (Å²) in [5, 5.41) is 0.134. The number of alkyl halides is 3. The van der Waals surface area contributed by atoms with Gasteiger partial charge in [0.15, 0.2) is 5.43 Å². The maximum atomic E-state index is 12.1. The molecule has 0 saturated heterocycles. The lowest BCUT2D eigenvalue weighted by Crippen LogP contribution is -2.17. The van der Waals surface area contributed by atoms with Gasteiger partial charge in [-0.15, -0.1) is 13.2 Å². The molecule has 0 bridgehead atoms. The van der Waals surface area contributed by atoms with Crippen LogP contribution < -0.4 is 10.2 Å². The fourth-order valence-corrected chi connectivity index (χ4v) is 1.80. The molecule has 0 atom stereocenters. The summed E-state index contributed by atoms with van der Waals surface area (Å²) in [4.78, 5) is 14.2. The van der Waals surface area contributed by atoms with E-state index in [0.29, 0.717) is 5.52 Å². The molecule has 3 nitrogen and oxygen atoms in total. The van der Waals surface area contributed by atoms with Crippen LogP contribution in [0.15, 0.2) is 33.7 Å². The minimum absolute atomic E-state index is 0.115. The van der Waals surface area contributed by atoms with Gasteiger partial charge in [-0.25, -0.2) is 0 Å². The molecule has 0 amide bonds. The highest BCUT2D eigenvalue weighted by atomic mass is 79.9. The van der Waals surface area contributed by atoms with Crippen molar-refractivity contribution in [3.05, 3.63) is 39.1 Å². The fourth-order valence-electron chi connectivity index (χ4n) is 1.38. The van der Waals surface area contributed by atoms with Gasteiger partial charge in [-0.05, 0) is 28.1 Å².